The van der Waals surface area contributed by atoms with Gasteiger partial charge in [-0.2, -0.15) is 17.2 Å². The number of benzene rings is 4. The number of sulfonamides is 4. The van der Waals surface area contributed by atoms with Crippen molar-refractivity contribution < 1.29 is 33.7 Å². The van der Waals surface area contributed by atoms with Crippen molar-refractivity contribution in [3.8, 4) is 0 Å². The molecule has 1 saturated heterocycles. The minimum atomic E-state index is -4.17. The van der Waals surface area contributed by atoms with E-state index in [0.717, 1.165) is 22.3 Å². The highest BCUT2D eigenvalue weighted by molar-refractivity contribution is 7.90. The second kappa shape index (κ2) is 18.0. The Labute approximate surface area is 333 Å². The van der Waals surface area contributed by atoms with Crippen molar-refractivity contribution in [1.29, 1.82) is 0 Å². The summed E-state index contributed by atoms with van der Waals surface area (Å²) in [5.74, 6) is 0. The smallest absolute Gasteiger partial charge is 0.244 e. The minimum Gasteiger partial charge on any atom is -0.291 e. The lowest BCUT2D eigenvalue weighted by Gasteiger charge is -2.31. The third kappa shape index (κ3) is 10.3. The molecule has 0 amide bonds. The van der Waals surface area contributed by atoms with Crippen LogP contribution in [0.4, 0.5) is 0 Å². The summed E-state index contributed by atoms with van der Waals surface area (Å²) in [4.78, 5) is 1.77. The van der Waals surface area contributed by atoms with Crippen LogP contribution >= 0.6 is 0 Å². The summed E-state index contributed by atoms with van der Waals surface area (Å²) in [6, 6.07) is 25.4. The van der Waals surface area contributed by atoms with Gasteiger partial charge in [-0.3, -0.25) is 4.90 Å². The van der Waals surface area contributed by atoms with E-state index < -0.39 is 40.1 Å². The third-order valence-electron chi connectivity index (χ3n) is 9.78. The molecule has 304 valence electrons. The quantitative estimate of drug-likeness (QED) is 0.253. The van der Waals surface area contributed by atoms with E-state index in [1.54, 1.807) is 60.5 Å². The Morgan fingerprint density at radius 2 is 0.571 bits per heavy atom. The summed E-state index contributed by atoms with van der Waals surface area (Å²) in [6.07, 6.45) is 0.0332. The lowest BCUT2D eigenvalue weighted by Crippen LogP contribution is -2.47. The van der Waals surface area contributed by atoms with E-state index in [9.17, 15) is 33.7 Å². The highest BCUT2D eigenvalue weighted by atomic mass is 32.2. The van der Waals surface area contributed by atoms with Crippen LogP contribution in [0, 0.1) is 27.7 Å². The van der Waals surface area contributed by atoms with Gasteiger partial charge in [0.1, 0.15) is 0 Å². The molecule has 0 spiro atoms. The van der Waals surface area contributed by atoms with Gasteiger partial charge in [-0.15, -0.1) is 0 Å². The first-order valence-corrected chi connectivity index (χ1v) is 24.0. The standard InChI is InChI=1S/C39H51N5O8S4/c1-32-7-15-36(16-8-32)53(45,46)41-23-6-24-42(54(47,48)37-17-9-33(2)10-18-37)29-30-44(56(51,52)39-21-13-35(4)14-22-39)31-40(5)25-26-43(28-27-41)55(49,50)38-19-11-34(3)12-20-38/h7-22H,6,23-31H2,1-5H3. The monoisotopic (exact) mass is 845 g/mol. The van der Waals surface area contributed by atoms with Crippen LogP contribution in [0.1, 0.15) is 28.7 Å². The number of aryl methyl sites for hydroxylation is 4. The molecule has 0 bridgehead atoms. The molecule has 4 aromatic rings. The Morgan fingerprint density at radius 3 is 0.875 bits per heavy atom. The second-order valence-electron chi connectivity index (χ2n) is 14.2. The van der Waals surface area contributed by atoms with Gasteiger partial charge in [0.25, 0.3) is 0 Å². The van der Waals surface area contributed by atoms with Crippen LogP contribution in [0.5, 0.6) is 0 Å². The molecular formula is C39H51N5O8S4. The van der Waals surface area contributed by atoms with Gasteiger partial charge in [0, 0.05) is 52.4 Å². The van der Waals surface area contributed by atoms with Crippen LogP contribution in [0.25, 0.3) is 0 Å². The zero-order valence-electron chi connectivity index (χ0n) is 32.4. The molecule has 13 nitrogen and oxygen atoms in total. The molecule has 0 atom stereocenters. The molecule has 17 heteroatoms. The number of rotatable bonds is 8. The van der Waals surface area contributed by atoms with E-state index in [1.807, 2.05) is 27.7 Å². The highest BCUT2D eigenvalue weighted by Crippen LogP contribution is 2.23. The van der Waals surface area contributed by atoms with Gasteiger partial charge < -0.3 is 0 Å². The summed E-state index contributed by atoms with van der Waals surface area (Å²) >= 11 is 0. The molecule has 56 heavy (non-hydrogen) atoms. The van der Waals surface area contributed by atoms with Gasteiger partial charge in [-0.05, 0) is 89.7 Å². The maximum absolute atomic E-state index is 14.2. The van der Waals surface area contributed by atoms with Crippen molar-refractivity contribution >= 4 is 40.1 Å². The molecule has 1 aliphatic rings. The zero-order chi connectivity index (χ0) is 40.9. The summed E-state index contributed by atoms with van der Waals surface area (Å²) in [5, 5.41) is 0. The SMILES string of the molecule is Cc1ccc(S(=O)(=O)N2CCCN(S(=O)(=O)c3ccc(C)cc3)CCN(S(=O)(=O)c3ccc(C)cc3)CN(C)CCN(S(=O)(=O)c3ccc(C)cc3)CC2)cc1. The van der Waals surface area contributed by atoms with Crippen LogP contribution < -0.4 is 0 Å². The van der Waals surface area contributed by atoms with Crippen LogP contribution in [0.15, 0.2) is 117 Å². The summed E-state index contributed by atoms with van der Waals surface area (Å²) < 4.78 is 118. The molecule has 0 radical (unpaired) electrons. The van der Waals surface area contributed by atoms with Crippen molar-refractivity contribution in [2.45, 2.75) is 53.7 Å². The largest absolute Gasteiger partial charge is 0.291 e. The number of nitrogens with zero attached hydrogens (tertiary/aromatic N) is 5. The van der Waals surface area contributed by atoms with E-state index >= 15 is 0 Å². The van der Waals surface area contributed by atoms with E-state index in [4.69, 9.17) is 0 Å². The topological polar surface area (TPSA) is 153 Å². The molecule has 0 unspecified atom stereocenters. The number of likely N-dealkylation sites (N-methyl/N-ethyl adjacent to an activating group) is 1. The van der Waals surface area contributed by atoms with Crippen molar-refractivity contribution in [1.82, 2.24) is 22.1 Å². The first-order chi connectivity index (χ1) is 26.3. The van der Waals surface area contributed by atoms with Crippen molar-refractivity contribution in [3.63, 3.8) is 0 Å². The van der Waals surface area contributed by atoms with Gasteiger partial charge in [-0.1, -0.05) is 70.8 Å². The maximum atomic E-state index is 14.2. The van der Waals surface area contributed by atoms with E-state index in [2.05, 4.69) is 0 Å². The predicted octanol–water partition coefficient (Wildman–Crippen LogP) is 4.28. The molecule has 0 aromatic heterocycles. The molecule has 5 rings (SSSR count). The molecular weight excluding hydrogens is 795 g/mol. The summed E-state index contributed by atoms with van der Waals surface area (Å²) in [5.41, 5.74) is 3.44. The van der Waals surface area contributed by atoms with Gasteiger partial charge in [-0.25, -0.2) is 33.7 Å². The first kappa shape index (κ1) is 43.6. The first-order valence-electron chi connectivity index (χ1n) is 18.3. The van der Waals surface area contributed by atoms with Crippen molar-refractivity contribution in [3.05, 3.63) is 119 Å². The highest BCUT2D eigenvalue weighted by Gasteiger charge is 2.33. The maximum Gasteiger partial charge on any atom is 0.244 e. The van der Waals surface area contributed by atoms with Gasteiger partial charge in [0.15, 0.2) is 0 Å². The van der Waals surface area contributed by atoms with E-state index in [1.165, 1.54) is 65.8 Å². The van der Waals surface area contributed by atoms with Gasteiger partial charge in [0.2, 0.25) is 40.1 Å². The molecule has 4 aromatic carbocycles. The minimum absolute atomic E-state index is 0.0205. The predicted molar refractivity (Wildman–Crippen MR) is 217 cm³/mol. The van der Waals surface area contributed by atoms with E-state index in [0.29, 0.717) is 0 Å². The third-order valence-corrected chi connectivity index (χ3v) is 17.4. The lowest BCUT2D eigenvalue weighted by molar-refractivity contribution is 0.209. The molecule has 1 aliphatic heterocycles. The Kier molecular flexibility index (Phi) is 14.0. The molecule has 1 heterocycles. The normalized spacial score (nSPS) is 17.9. The van der Waals surface area contributed by atoms with Crippen LogP contribution in [0.3, 0.4) is 0 Å². The second-order valence-corrected chi connectivity index (χ2v) is 22.0. The summed E-state index contributed by atoms with van der Waals surface area (Å²) in [6.45, 7) is 5.98. The number of hydrogen-bond acceptors (Lipinski definition) is 9. The van der Waals surface area contributed by atoms with Crippen LogP contribution in [-0.4, -0.2) is 122 Å². The van der Waals surface area contributed by atoms with Gasteiger partial charge >= 0.3 is 0 Å². The van der Waals surface area contributed by atoms with Gasteiger partial charge in [0.05, 0.1) is 26.3 Å². The Bertz CT molecular complexity index is 2390. The van der Waals surface area contributed by atoms with Crippen LogP contribution in [-0.2, 0) is 40.1 Å². The molecule has 0 N–H and O–H groups in total. The fourth-order valence-electron chi connectivity index (χ4n) is 6.25. The zero-order valence-corrected chi connectivity index (χ0v) is 35.7. The molecule has 0 aliphatic carbocycles. The Hall–Kier alpha value is -3.52. The fourth-order valence-corrected chi connectivity index (χ4v) is 12.1. The molecule has 0 saturated carbocycles. The molecule has 1 fully saturated rings. The Balaban J connectivity index is 1.57. The lowest BCUT2D eigenvalue weighted by atomic mass is 10.2. The fraction of sp³-hybridized carbons (Fsp3) is 0.385. The average molecular weight is 846 g/mol. The van der Waals surface area contributed by atoms with Crippen LogP contribution in [0.2, 0.25) is 0 Å². The summed E-state index contributed by atoms with van der Waals surface area (Å²) in [7, 11) is -15.0. The van der Waals surface area contributed by atoms with Crippen molar-refractivity contribution in [2.24, 2.45) is 0 Å². The van der Waals surface area contributed by atoms with Crippen molar-refractivity contribution in [2.75, 3.05) is 66.1 Å². The van der Waals surface area contributed by atoms with E-state index in [-0.39, 0.29) is 85.0 Å². The Morgan fingerprint density at radius 1 is 0.339 bits per heavy atom. The average Bonchev–Trinajstić information content (AvgIpc) is 3.15. The number of hydrogen-bond donors (Lipinski definition) is 0.